The monoisotopic (exact) mass is 293 g/mol. The highest BCUT2D eigenvalue weighted by Crippen LogP contribution is 2.27. The molecule has 0 aromatic heterocycles. The number of carbonyl (C=O) groups is 1. The van der Waals surface area contributed by atoms with E-state index in [1.165, 1.54) is 32.1 Å². The molecule has 1 aromatic rings. The third-order valence-corrected chi connectivity index (χ3v) is 5.46. The standard InChI is InChI=1S/C16H23NO2S/c17-10-9-16(18)14-7-4-8-15(11-14)20(19)12-13-5-2-1-3-6-13/h4,7-8,11,13H,1-3,5-6,9-10,12,17H2. The molecule has 20 heavy (non-hydrogen) atoms. The summed E-state index contributed by atoms with van der Waals surface area (Å²) < 4.78 is 12.4. The molecule has 0 bridgehead atoms. The van der Waals surface area contributed by atoms with E-state index in [9.17, 15) is 9.35 Å². The second-order valence-corrected chi connectivity index (χ2v) is 7.00. The van der Waals surface area contributed by atoms with Crippen LogP contribution in [0.5, 0.6) is 0 Å². The van der Waals surface area contributed by atoms with Crippen LogP contribution in [-0.4, -0.2) is 22.6 Å². The van der Waals surface area contributed by atoms with Gasteiger partial charge in [0, 0.05) is 24.0 Å². The predicted molar refractivity (Wildman–Crippen MR) is 82.3 cm³/mol. The first-order chi connectivity index (χ1) is 9.70. The molecule has 2 rings (SSSR count). The fourth-order valence-electron chi connectivity index (χ4n) is 2.75. The van der Waals surface area contributed by atoms with Crippen molar-refractivity contribution in [1.82, 2.24) is 0 Å². The molecule has 3 nitrogen and oxygen atoms in total. The molecular weight excluding hydrogens is 270 g/mol. The van der Waals surface area contributed by atoms with Crippen molar-refractivity contribution < 1.29 is 9.35 Å². The van der Waals surface area contributed by atoms with E-state index in [-0.39, 0.29) is 5.78 Å². The van der Waals surface area contributed by atoms with Crippen molar-refractivity contribution in [3.05, 3.63) is 29.8 Å². The van der Waals surface area contributed by atoms with Gasteiger partial charge < -0.3 is 10.3 Å². The summed E-state index contributed by atoms with van der Waals surface area (Å²) in [5.41, 5.74) is 6.04. The Morgan fingerprint density at radius 1 is 1.30 bits per heavy atom. The van der Waals surface area contributed by atoms with Gasteiger partial charge in [-0.15, -0.1) is 0 Å². The average molecular weight is 293 g/mol. The first kappa shape index (κ1) is 15.5. The summed E-state index contributed by atoms with van der Waals surface area (Å²) in [7, 11) is 0. The van der Waals surface area contributed by atoms with Gasteiger partial charge in [-0.25, -0.2) is 0 Å². The molecule has 0 heterocycles. The molecule has 2 N–H and O–H groups in total. The molecule has 0 spiro atoms. The zero-order valence-electron chi connectivity index (χ0n) is 11.8. The van der Waals surface area contributed by atoms with Crippen LogP contribution in [0.15, 0.2) is 29.2 Å². The zero-order valence-corrected chi connectivity index (χ0v) is 12.7. The summed E-state index contributed by atoms with van der Waals surface area (Å²) in [5, 5.41) is 0. The first-order valence-corrected chi connectivity index (χ1v) is 8.74. The first-order valence-electron chi connectivity index (χ1n) is 7.42. The van der Waals surface area contributed by atoms with Crippen LogP contribution in [0.1, 0.15) is 48.9 Å². The molecule has 0 amide bonds. The highest BCUT2D eigenvalue weighted by molar-refractivity contribution is 7.91. The number of benzene rings is 1. The lowest BCUT2D eigenvalue weighted by Gasteiger charge is -2.22. The van der Waals surface area contributed by atoms with Gasteiger partial charge in [-0.3, -0.25) is 4.79 Å². The largest absolute Gasteiger partial charge is 0.611 e. The van der Waals surface area contributed by atoms with Gasteiger partial charge >= 0.3 is 0 Å². The Kier molecular flexibility index (Phi) is 6.07. The minimum atomic E-state index is -0.995. The van der Waals surface area contributed by atoms with E-state index in [1.54, 1.807) is 12.1 Å². The summed E-state index contributed by atoms with van der Waals surface area (Å²) in [6.45, 7) is 0.355. The summed E-state index contributed by atoms with van der Waals surface area (Å²) in [5.74, 6) is 1.34. The molecule has 1 aliphatic carbocycles. The zero-order chi connectivity index (χ0) is 14.4. The van der Waals surface area contributed by atoms with Gasteiger partial charge in [0.05, 0.1) is 0 Å². The van der Waals surface area contributed by atoms with Gasteiger partial charge in [0.25, 0.3) is 0 Å². The van der Waals surface area contributed by atoms with Gasteiger partial charge in [0.1, 0.15) is 5.75 Å². The number of nitrogens with two attached hydrogens (primary N) is 1. The van der Waals surface area contributed by atoms with E-state index in [2.05, 4.69) is 0 Å². The van der Waals surface area contributed by atoms with Crippen molar-refractivity contribution >= 4 is 17.0 Å². The highest BCUT2D eigenvalue weighted by atomic mass is 32.2. The van der Waals surface area contributed by atoms with E-state index < -0.39 is 11.2 Å². The van der Waals surface area contributed by atoms with Crippen LogP contribution in [0.4, 0.5) is 0 Å². The SMILES string of the molecule is NCCC(=O)c1cccc([S+]([O-])CC2CCCCC2)c1. The molecule has 1 aromatic carbocycles. The van der Waals surface area contributed by atoms with Gasteiger partial charge in [-0.1, -0.05) is 31.4 Å². The van der Waals surface area contributed by atoms with Gasteiger partial charge in [-0.05, 0) is 36.6 Å². The molecular formula is C16H23NO2S. The summed E-state index contributed by atoms with van der Waals surface area (Å²) in [6, 6.07) is 7.23. The predicted octanol–water partition coefficient (Wildman–Crippen LogP) is 2.91. The third-order valence-electron chi connectivity index (χ3n) is 3.90. The third kappa shape index (κ3) is 4.33. The summed E-state index contributed by atoms with van der Waals surface area (Å²) >= 11 is -0.995. The van der Waals surface area contributed by atoms with Crippen LogP contribution in [-0.2, 0) is 11.2 Å². The fraction of sp³-hybridized carbons (Fsp3) is 0.562. The number of rotatable bonds is 6. The topological polar surface area (TPSA) is 66.2 Å². The Morgan fingerprint density at radius 2 is 2.05 bits per heavy atom. The fourth-order valence-corrected chi connectivity index (χ4v) is 4.19. The van der Waals surface area contributed by atoms with E-state index in [4.69, 9.17) is 5.73 Å². The highest BCUT2D eigenvalue weighted by Gasteiger charge is 2.22. The van der Waals surface area contributed by atoms with Gasteiger partial charge in [-0.2, -0.15) is 0 Å². The number of hydrogen-bond donors (Lipinski definition) is 1. The average Bonchev–Trinajstić information content (AvgIpc) is 2.48. The molecule has 110 valence electrons. The van der Waals surface area contributed by atoms with Crippen molar-refractivity contribution in [3.63, 3.8) is 0 Å². The number of hydrogen-bond acceptors (Lipinski definition) is 3. The Bertz CT molecular complexity index is 444. The normalized spacial score (nSPS) is 17.9. The van der Waals surface area contributed by atoms with Crippen LogP contribution in [0, 0.1) is 5.92 Å². The number of Topliss-reactive ketones (excluding diaryl/α,β-unsaturated/α-hetero) is 1. The lowest BCUT2D eigenvalue weighted by molar-refractivity contribution is 0.0985. The summed E-state index contributed by atoms with van der Waals surface area (Å²) in [4.78, 5) is 12.6. The Hall–Kier alpha value is -0.840. The van der Waals surface area contributed by atoms with Crippen molar-refractivity contribution in [2.45, 2.75) is 43.4 Å². The second kappa shape index (κ2) is 7.81. The van der Waals surface area contributed by atoms with E-state index in [1.807, 2.05) is 12.1 Å². The van der Waals surface area contributed by atoms with Crippen LogP contribution in [0.25, 0.3) is 0 Å². The lowest BCUT2D eigenvalue weighted by Crippen LogP contribution is -2.19. The molecule has 0 aliphatic heterocycles. The van der Waals surface area contributed by atoms with E-state index in [0.29, 0.717) is 24.4 Å². The molecule has 4 heteroatoms. The minimum Gasteiger partial charge on any atom is -0.611 e. The second-order valence-electron chi connectivity index (χ2n) is 5.51. The maximum atomic E-state index is 12.4. The van der Waals surface area contributed by atoms with Crippen LogP contribution in [0.3, 0.4) is 0 Å². The Labute approximate surface area is 124 Å². The van der Waals surface area contributed by atoms with Crippen LogP contribution >= 0.6 is 0 Å². The maximum Gasteiger partial charge on any atom is 0.164 e. The molecule has 1 saturated carbocycles. The van der Waals surface area contributed by atoms with E-state index in [0.717, 1.165) is 10.6 Å². The van der Waals surface area contributed by atoms with Crippen molar-refractivity contribution in [3.8, 4) is 0 Å². The van der Waals surface area contributed by atoms with Gasteiger partial charge in [0.15, 0.2) is 10.7 Å². The molecule has 1 atom stereocenters. The van der Waals surface area contributed by atoms with E-state index >= 15 is 0 Å². The molecule has 0 saturated heterocycles. The van der Waals surface area contributed by atoms with Crippen LogP contribution in [0.2, 0.25) is 0 Å². The van der Waals surface area contributed by atoms with Crippen LogP contribution < -0.4 is 5.73 Å². The molecule has 1 fully saturated rings. The number of carbonyl (C=O) groups excluding carboxylic acids is 1. The minimum absolute atomic E-state index is 0.0315. The number of ketones is 1. The van der Waals surface area contributed by atoms with Crippen molar-refractivity contribution in [2.75, 3.05) is 12.3 Å². The molecule has 1 aliphatic rings. The quantitative estimate of drug-likeness (QED) is 0.648. The van der Waals surface area contributed by atoms with Gasteiger partial charge in [0.2, 0.25) is 0 Å². The lowest BCUT2D eigenvalue weighted by atomic mass is 9.91. The van der Waals surface area contributed by atoms with Crippen molar-refractivity contribution in [1.29, 1.82) is 0 Å². The Morgan fingerprint density at radius 3 is 2.75 bits per heavy atom. The summed E-state index contributed by atoms with van der Waals surface area (Å²) in [6.07, 6.45) is 6.56. The maximum absolute atomic E-state index is 12.4. The van der Waals surface area contributed by atoms with Crippen molar-refractivity contribution in [2.24, 2.45) is 11.7 Å². The smallest absolute Gasteiger partial charge is 0.164 e. The molecule has 0 radical (unpaired) electrons. The molecule has 1 unspecified atom stereocenters. The Balaban J connectivity index is 2.00.